The smallest absolute Gasteiger partial charge is 0.319 e. The van der Waals surface area contributed by atoms with Gasteiger partial charge in [-0.15, -0.1) is 0 Å². The topological polar surface area (TPSA) is 123 Å². The molecule has 3 rings (SSSR count). The fourth-order valence-corrected chi connectivity index (χ4v) is 2.29. The lowest BCUT2D eigenvalue weighted by atomic mass is 10.3. The van der Waals surface area contributed by atoms with Crippen molar-refractivity contribution in [2.24, 2.45) is 0 Å². The fraction of sp³-hybridized carbons (Fsp3) is 0.222. The number of amides is 3. The Morgan fingerprint density at radius 3 is 2.30 bits per heavy atom. The van der Waals surface area contributed by atoms with Gasteiger partial charge in [0.25, 0.3) is 5.91 Å². The summed E-state index contributed by atoms with van der Waals surface area (Å²) in [5.41, 5.74) is 0.909. The molecule has 3 amide bonds. The highest BCUT2D eigenvalue weighted by Gasteiger charge is 2.23. The number of nitrogens with one attached hydrogen (secondary N) is 3. The van der Waals surface area contributed by atoms with Crippen LogP contribution >= 0.6 is 0 Å². The number of anilines is 2. The monoisotopic (exact) mass is 370 g/mol. The standard InChI is InChI=1S/C18H18N4O5/c23-17(11-27-16-4-2-1-3-15(16)22(25)26)19-12-5-7-13(8-6-12)20-18(24)21-14-9-10-14/h1-8,14H,9-11H2,(H,19,23)(H2,20,21,24). The first-order valence-electron chi connectivity index (χ1n) is 8.35. The number of para-hydroxylation sites is 2. The molecule has 140 valence electrons. The summed E-state index contributed by atoms with van der Waals surface area (Å²) in [5.74, 6) is -0.431. The number of rotatable bonds is 7. The van der Waals surface area contributed by atoms with Gasteiger partial charge in [0.2, 0.25) is 0 Å². The van der Waals surface area contributed by atoms with Crippen LogP contribution in [0, 0.1) is 10.1 Å². The van der Waals surface area contributed by atoms with Crippen LogP contribution in [0.3, 0.4) is 0 Å². The number of nitro benzene ring substituents is 1. The molecule has 9 nitrogen and oxygen atoms in total. The zero-order valence-corrected chi connectivity index (χ0v) is 14.3. The summed E-state index contributed by atoms with van der Waals surface area (Å²) in [4.78, 5) is 34.0. The molecular formula is C18H18N4O5. The number of hydrogen-bond donors (Lipinski definition) is 3. The van der Waals surface area contributed by atoms with Crippen LogP contribution in [0.2, 0.25) is 0 Å². The zero-order valence-electron chi connectivity index (χ0n) is 14.3. The van der Waals surface area contributed by atoms with E-state index in [0.717, 1.165) is 12.8 Å². The Bertz CT molecular complexity index is 849. The van der Waals surface area contributed by atoms with Crippen molar-refractivity contribution in [1.82, 2.24) is 5.32 Å². The van der Waals surface area contributed by atoms with Crippen molar-refractivity contribution in [1.29, 1.82) is 0 Å². The first kappa shape index (κ1) is 18.2. The minimum Gasteiger partial charge on any atom is -0.477 e. The number of carbonyl (C=O) groups excluding carboxylic acids is 2. The second kappa shape index (κ2) is 8.17. The molecule has 0 atom stereocenters. The van der Waals surface area contributed by atoms with E-state index in [1.54, 1.807) is 30.3 Å². The maximum atomic E-state index is 12.0. The van der Waals surface area contributed by atoms with Gasteiger partial charge in [-0.3, -0.25) is 14.9 Å². The molecule has 1 aliphatic carbocycles. The van der Waals surface area contributed by atoms with Crippen LogP contribution in [0.5, 0.6) is 5.75 Å². The van der Waals surface area contributed by atoms with Crippen molar-refractivity contribution in [3.05, 3.63) is 58.6 Å². The Kier molecular flexibility index (Phi) is 5.50. The van der Waals surface area contributed by atoms with Crippen LogP contribution < -0.4 is 20.7 Å². The van der Waals surface area contributed by atoms with Gasteiger partial charge >= 0.3 is 11.7 Å². The Balaban J connectivity index is 1.49. The van der Waals surface area contributed by atoms with E-state index in [2.05, 4.69) is 16.0 Å². The normalized spacial score (nSPS) is 12.7. The summed E-state index contributed by atoms with van der Waals surface area (Å²) in [6.45, 7) is -0.366. The van der Waals surface area contributed by atoms with E-state index in [1.165, 1.54) is 18.2 Å². The van der Waals surface area contributed by atoms with Crippen LogP contribution in [0.1, 0.15) is 12.8 Å². The van der Waals surface area contributed by atoms with Gasteiger partial charge in [-0.05, 0) is 43.2 Å². The minimum atomic E-state index is -0.571. The maximum absolute atomic E-state index is 12.0. The Hall–Kier alpha value is -3.62. The third-order valence-electron chi connectivity index (χ3n) is 3.76. The summed E-state index contributed by atoms with van der Waals surface area (Å²) >= 11 is 0. The second-order valence-electron chi connectivity index (χ2n) is 6.01. The number of nitrogens with zero attached hydrogens (tertiary/aromatic N) is 1. The molecule has 0 aromatic heterocycles. The third-order valence-corrected chi connectivity index (χ3v) is 3.76. The van der Waals surface area contributed by atoms with Crippen LogP contribution in [0.25, 0.3) is 0 Å². The van der Waals surface area contributed by atoms with Crippen molar-refractivity contribution in [3.63, 3.8) is 0 Å². The average Bonchev–Trinajstić information content (AvgIpc) is 3.45. The van der Waals surface area contributed by atoms with Gasteiger partial charge in [0.15, 0.2) is 12.4 Å². The summed E-state index contributed by atoms with van der Waals surface area (Å²) in [6, 6.07) is 12.4. The van der Waals surface area contributed by atoms with Gasteiger partial charge in [0.05, 0.1) is 4.92 Å². The molecule has 0 saturated heterocycles. The largest absolute Gasteiger partial charge is 0.477 e. The van der Waals surface area contributed by atoms with Gasteiger partial charge in [0, 0.05) is 23.5 Å². The highest BCUT2D eigenvalue weighted by atomic mass is 16.6. The van der Waals surface area contributed by atoms with Gasteiger partial charge in [-0.1, -0.05) is 12.1 Å². The molecule has 2 aromatic rings. The molecule has 0 heterocycles. The van der Waals surface area contributed by atoms with Crippen LogP contribution in [0.4, 0.5) is 21.9 Å². The molecule has 3 N–H and O–H groups in total. The van der Waals surface area contributed by atoms with Gasteiger partial charge < -0.3 is 20.7 Å². The summed E-state index contributed by atoms with van der Waals surface area (Å²) in [6.07, 6.45) is 2.01. The third kappa shape index (κ3) is 5.43. The number of hydrogen-bond acceptors (Lipinski definition) is 5. The summed E-state index contributed by atoms with van der Waals surface area (Å²) < 4.78 is 5.23. The molecule has 2 aromatic carbocycles. The SMILES string of the molecule is O=C(COc1ccccc1[N+](=O)[O-])Nc1ccc(NC(=O)NC2CC2)cc1. The number of benzene rings is 2. The van der Waals surface area contributed by atoms with Gasteiger partial charge in [-0.2, -0.15) is 0 Å². The number of carbonyl (C=O) groups is 2. The molecule has 1 saturated carbocycles. The molecule has 1 fully saturated rings. The van der Waals surface area contributed by atoms with Crippen molar-refractivity contribution >= 4 is 29.0 Å². The predicted molar refractivity (Wildman–Crippen MR) is 98.8 cm³/mol. The van der Waals surface area contributed by atoms with E-state index in [-0.39, 0.29) is 30.1 Å². The molecule has 27 heavy (non-hydrogen) atoms. The highest BCUT2D eigenvalue weighted by Crippen LogP contribution is 2.25. The number of ether oxygens (including phenoxy) is 1. The summed E-state index contributed by atoms with van der Waals surface area (Å²) in [5, 5.41) is 19.1. The van der Waals surface area contributed by atoms with Crippen molar-refractivity contribution in [2.45, 2.75) is 18.9 Å². The average molecular weight is 370 g/mol. The molecule has 0 aliphatic heterocycles. The van der Waals surface area contributed by atoms with E-state index in [0.29, 0.717) is 11.4 Å². The highest BCUT2D eigenvalue weighted by molar-refractivity contribution is 5.93. The number of nitro groups is 1. The predicted octanol–water partition coefficient (Wildman–Crippen LogP) is 2.90. The summed E-state index contributed by atoms with van der Waals surface area (Å²) in [7, 11) is 0. The molecule has 0 unspecified atom stereocenters. The van der Waals surface area contributed by atoms with E-state index in [1.807, 2.05) is 0 Å². The van der Waals surface area contributed by atoms with E-state index < -0.39 is 10.8 Å². The van der Waals surface area contributed by atoms with Crippen LogP contribution in [-0.4, -0.2) is 29.5 Å². The lowest BCUT2D eigenvalue weighted by molar-refractivity contribution is -0.385. The van der Waals surface area contributed by atoms with Crippen molar-refractivity contribution in [2.75, 3.05) is 17.2 Å². The molecular weight excluding hydrogens is 352 g/mol. The minimum absolute atomic E-state index is 0.0267. The van der Waals surface area contributed by atoms with E-state index in [9.17, 15) is 19.7 Å². The molecule has 0 bridgehead atoms. The first-order valence-corrected chi connectivity index (χ1v) is 8.35. The molecule has 0 spiro atoms. The van der Waals surface area contributed by atoms with Crippen LogP contribution in [-0.2, 0) is 4.79 Å². The Morgan fingerprint density at radius 2 is 1.67 bits per heavy atom. The van der Waals surface area contributed by atoms with Gasteiger partial charge in [-0.25, -0.2) is 4.79 Å². The van der Waals surface area contributed by atoms with Crippen molar-refractivity contribution in [3.8, 4) is 5.75 Å². The molecule has 9 heteroatoms. The Morgan fingerprint density at radius 1 is 1.04 bits per heavy atom. The molecule has 1 aliphatic rings. The quantitative estimate of drug-likeness (QED) is 0.511. The fourth-order valence-electron chi connectivity index (χ4n) is 2.29. The first-order chi connectivity index (χ1) is 13.0. The number of urea groups is 1. The second-order valence-corrected chi connectivity index (χ2v) is 6.01. The van der Waals surface area contributed by atoms with Crippen LogP contribution in [0.15, 0.2) is 48.5 Å². The molecule has 0 radical (unpaired) electrons. The van der Waals surface area contributed by atoms with E-state index >= 15 is 0 Å². The Labute approximate surface area is 154 Å². The van der Waals surface area contributed by atoms with Gasteiger partial charge in [0.1, 0.15) is 0 Å². The lowest BCUT2D eigenvalue weighted by Crippen LogP contribution is -2.30. The maximum Gasteiger partial charge on any atom is 0.319 e. The van der Waals surface area contributed by atoms with Crippen molar-refractivity contribution < 1.29 is 19.2 Å². The zero-order chi connectivity index (χ0) is 19.2. The van der Waals surface area contributed by atoms with E-state index in [4.69, 9.17) is 4.74 Å². The lowest BCUT2D eigenvalue weighted by Gasteiger charge is -2.09.